The van der Waals surface area contributed by atoms with E-state index >= 15 is 0 Å². The van der Waals surface area contributed by atoms with Crippen molar-refractivity contribution in [1.29, 1.82) is 0 Å². The van der Waals surface area contributed by atoms with E-state index in [9.17, 15) is 4.79 Å². The van der Waals surface area contributed by atoms with Crippen LogP contribution in [0.4, 0.5) is 0 Å². The molecule has 2 aromatic carbocycles. The van der Waals surface area contributed by atoms with Crippen molar-refractivity contribution in [2.24, 2.45) is 5.92 Å². The van der Waals surface area contributed by atoms with E-state index in [1.807, 2.05) is 65.9 Å². The van der Waals surface area contributed by atoms with Crippen LogP contribution in [0.1, 0.15) is 49.2 Å². The van der Waals surface area contributed by atoms with Gasteiger partial charge in [-0.05, 0) is 68.7 Å². The summed E-state index contributed by atoms with van der Waals surface area (Å²) < 4.78 is 3.62. The van der Waals surface area contributed by atoms with Crippen molar-refractivity contribution in [2.45, 2.75) is 53.4 Å². The average Bonchev–Trinajstić information content (AvgIpc) is 3.52. The van der Waals surface area contributed by atoms with Gasteiger partial charge in [0.1, 0.15) is 0 Å². The van der Waals surface area contributed by atoms with Crippen molar-refractivity contribution in [2.75, 3.05) is 13.1 Å². The number of hydrogen-bond donors (Lipinski definition) is 0. The molecule has 0 atom stereocenters. The lowest BCUT2D eigenvalue weighted by Crippen LogP contribution is -2.39. The summed E-state index contributed by atoms with van der Waals surface area (Å²) >= 11 is 0. The minimum atomic E-state index is 0. The quantitative estimate of drug-likeness (QED) is 0.269. The molecule has 0 saturated carbocycles. The van der Waals surface area contributed by atoms with E-state index in [-0.39, 0.29) is 13.3 Å². The molecule has 40 heavy (non-hydrogen) atoms. The Hall–Kier alpha value is -4.33. The molecule has 1 amide bonds. The normalized spacial score (nSPS) is 13.9. The highest BCUT2D eigenvalue weighted by molar-refractivity contribution is 5.76. The number of likely N-dealkylation sites (tertiary alicyclic amines) is 1. The molecule has 3 aromatic heterocycles. The Kier molecular flexibility index (Phi) is 8.05. The number of nitrogens with zero attached hydrogens (tertiary/aromatic N) is 7. The number of amides is 1. The highest BCUT2D eigenvalue weighted by Crippen LogP contribution is 2.24. The molecule has 1 saturated heterocycles. The maximum atomic E-state index is 13.1. The smallest absolute Gasteiger partial charge is 0.222 e. The van der Waals surface area contributed by atoms with Gasteiger partial charge in [-0.1, -0.05) is 68.1 Å². The number of fused-ring (bicyclic) bond motifs is 1. The third-order valence-corrected chi connectivity index (χ3v) is 7.86. The van der Waals surface area contributed by atoms with E-state index in [2.05, 4.69) is 40.5 Å². The van der Waals surface area contributed by atoms with E-state index < -0.39 is 0 Å². The number of carbonyl (C=O) groups is 1. The second-order valence-corrected chi connectivity index (χ2v) is 10.4. The first-order valence-electron chi connectivity index (χ1n) is 13.7. The van der Waals surface area contributed by atoms with Crippen LogP contribution in [0.2, 0.25) is 0 Å². The van der Waals surface area contributed by atoms with E-state index in [1.165, 1.54) is 5.56 Å². The first-order valence-corrected chi connectivity index (χ1v) is 13.7. The molecule has 1 aliphatic heterocycles. The topological polar surface area (TPSA) is 81.2 Å². The fourth-order valence-electron chi connectivity index (χ4n) is 5.64. The minimum Gasteiger partial charge on any atom is -0.343 e. The molecule has 206 valence electrons. The van der Waals surface area contributed by atoms with E-state index in [0.717, 1.165) is 54.9 Å². The van der Waals surface area contributed by atoms with Gasteiger partial charge in [0, 0.05) is 30.8 Å². The molecule has 8 heteroatoms. The monoisotopic (exact) mass is 535 g/mol. The standard InChI is InChI=1S/C31H33N7O.CH4/c1-22-27(13-16-30(39)36-19-17-25(18-20-36)21-24-9-5-3-6-10-24)23(2)37(34-22)29-15-14-28-32-33-31(38(28)35-29)26-11-7-4-8-12-26;/h3-12,14-15,25H,13,16-21H2,1-2H3;1H4. The van der Waals surface area contributed by atoms with Gasteiger partial charge in [-0.2, -0.15) is 9.61 Å². The van der Waals surface area contributed by atoms with Gasteiger partial charge in [-0.25, -0.2) is 4.68 Å². The summed E-state index contributed by atoms with van der Waals surface area (Å²) in [4.78, 5) is 15.1. The van der Waals surface area contributed by atoms with Crippen LogP contribution in [-0.4, -0.2) is 53.5 Å². The van der Waals surface area contributed by atoms with Crippen molar-refractivity contribution < 1.29 is 4.79 Å². The van der Waals surface area contributed by atoms with E-state index in [4.69, 9.17) is 10.2 Å². The number of benzene rings is 2. The van der Waals surface area contributed by atoms with Crippen LogP contribution in [0.15, 0.2) is 72.8 Å². The Morgan fingerprint density at radius 1 is 0.875 bits per heavy atom. The predicted molar refractivity (Wildman–Crippen MR) is 157 cm³/mol. The molecule has 0 N–H and O–H groups in total. The highest BCUT2D eigenvalue weighted by Gasteiger charge is 2.24. The van der Waals surface area contributed by atoms with E-state index in [1.54, 1.807) is 4.52 Å². The molecule has 1 aliphatic rings. The first-order chi connectivity index (χ1) is 19.1. The van der Waals surface area contributed by atoms with Gasteiger partial charge in [-0.3, -0.25) is 4.79 Å². The largest absolute Gasteiger partial charge is 0.343 e. The first kappa shape index (κ1) is 27.2. The van der Waals surface area contributed by atoms with Crippen LogP contribution in [0.3, 0.4) is 0 Å². The minimum absolute atomic E-state index is 0. The summed E-state index contributed by atoms with van der Waals surface area (Å²) in [6.07, 6.45) is 4.40. The SMILES string of the molecule is C.Cc1nn(-c2ccc3nnc(-c4ccccc4)n3n2)c(C)c1CCC(=O)N1CCC(Cc2ccccc2)CC1. The van der Waals surface area contributed by atoms with Gasteiger partial charge in [0.05, 0.1) is 5.69 Å². The third-order valence-electron chi connectivity index (χ3n) is 7.86. The van der Waals surface area contributed by atoms with Crippen LogP contribution >= 0.6 is 0 Å². The third kappa shape index (κ3) is 5.52. The molecular weight excluding hydrogens is 498 g/mol. The summed E-state index contributed by atoms with van der Waals surface area (Å²) in [5.74, 6) is 2.26. The number of aryl methyl sites for hydroxylation is 1. The Labute approximate surface area is 235 Å². The summed E-state index contributed by atoms with van der Waals surface area (Å²) in [6.45, 7) is 5.75. The molecular formula is C32H37N7O. The molecule has 4 heterocycles. The van der Waals surface area contributed by atoms with Gasteiger partial charge in [0.15, 0.2) is 17.3 Å². The molecule has 1 fully saturated rings. The molecule has 8 nitrogen and oxygen atoms in total. The van der Waals surface area contributed by atoms with Crippen LogP contribution in [0.25, 0.3) is 22.9 Å². The number of rotatable bonds is 7. The number of hydrogen-bond acceptors (Lipinski definition) is 5. The van der Waals surface area contributed by atoms with Crippen molar-refractivity contribution in [3.05, 3.63) is 95.3 Å². The van der Waals surface area contributed by atoms with Crippen LogP contribution in [0.5, 0.6) is 0 Å². The van der Waals surface area contributed by atoms with Crippen molar-refractivity contribution in [3.8, 4) is 17.2 Å². The number of aromatic nitrogens is 6. The number of carbonyl (C=O) groups excluding carboxylic acids is 1. The summed E-state index contributed by atoms with van der Waals surface area (Å²) in [7, 11) is 0. The van der Waals surface area contributed by atoms with Gasteiger partial charge < -0.3 is 4.90 Å². The fourth-order valence-corrected chi connectivity index (χ4v) is 5.64. The van der Waals surface area contributed by atoms with Crippen LogP contribution in [0, 0.1) is 19.8 Å². The Balaban J connectivity index is 0.00000323. The van der Waals surface area contributed by atoms with Gasteiger partial charge in [0.25, 0.3) is 0 Å². The second-order valence-electron chi connectivity index (χ2n) is 10.4. The maximum Gasteiger partial charge on any atom is 0.222 e. The zero-order valence-corrected chi connectivity index (χ0v) is 22.5. The van der Waals surface area contributed by atoms with Crippen LogP contribution < -0.4 is 0 Å². The molecule has 0 bridgehead atoms. The van der Waals surface area contributed by atoms with Crippen molar-refractivity contribution >= 4 is 11.6 Å². The zero-order chi connectivity index (χ0) is 26.8. The maximum absolute atomic E-state index is 13.1. The Morgan fingerprint density at radius 2 is 1.57 bits per heavy atom. The molecule has 0 aliphatic carbocycles. The zero-order valence-electron chi connectivity index (χ0n) is 22.5. The van der Waals surface area contributed by atoms with Gasteiger partial charge >= 0.3 is 0 Å². The molecule has 6 rings (SSSR count). The van der Waals surface area contributed by atoms with Crippen LogP contribution in [-0.2, 0) is 17.6 Å². The van der Waals surface area contributed by atoms with Gasteiger partial charge in [-0.15, -0.1) is 15.3 Å². The van der Waals surface area contributed by atoms with Crippen molar-refractivity contribution in [1.82, 2.24) is 34.5 Å². The second kappa shape index (κ2) is 11.8. The van der Waals surface area contributed by atoms with E-state index in [0.29, 0.717) is 36.0 Å². The average molecular weight is 536 g/mol. The van der Waals surface area contributed by atoms with Crippen molar-refractivity contribution in [3.63, 3.8) is 0 Å². The number of piperidine rings is 1. The Bertz CT molecular complexity index is 1580. The predicted octanol–water partition coefficient (Wildman–Crippen LogP) is 5.64. The summed E-state index contributed by atoms with van der Waals surface area (Å²) in [5, 5.41) is 18.2. The fraction of sp³-hybridized carbons (Fsp3) is 0.344. The highest BCUT2D eigenvalue weighted by atomic mass is 16.2. The molecule has 0 spiro atoms. The summed E-state index contributed by atoms with van der Waals surface area (Å²) in [5.41, 5.74) is 6.05. The molecule has 0 unspecified atom stereocenters. The molecule has 0 radical (unpaired) electrons. The van der Waals surface area contributed by atoms with Gasteiger partial charge in [0.2, 0.25) is 5.91 Å². The lowest BCUT2D eigenvalue weighted by molar-refractivity contribution is -0.132. The Morgan fingerprint density at radius 3 is 2.30 bits per heavy atom. The summed E-state index contributed by atoms with van der Waals surface area (Å²) in [6, 6.07) is 24.4. The molecule has 5 aromatic rings. The lowest BCUT2D eigenvalue weighted by atomic mass is 9.90. The lowest BCUT2D eigenvalue weighted by Gasteiger charge is -2.32.